The highest BCUT2D eigenvalue weighted by molar-refractivity contribution is 5.52. The molecule has 0 aliphatic rings. The number of ether oxygens (including phenoxy) is 1. The molecule has 0 radical (unpaired) electrons. The van der Waals surface area contributed by atoms with E-state index in [0.29, 0.717) is 6.42 Å². The molecule has 5 heteroatoms. The third-order valence-electron chi connectivity index (χ3n) is 5.19. The van der Waals surface area contributed by atoms with Crippen LogP contribution in [-0.4, -0.2) is 29.4 Å². The van der Waals surface area contributed by atoms with Crippen LogP contribution >= 0.6 is 0 Å². The maximum atomic E-state index is 9.87. The van der Waals surface area contributed by atoms with Crippen LogP contribution in [-0.2, 0) is 6.42 Å². The summed E-state index contributed by atoms with van der Waals surface area (Å²) in [5.74, 6) is 0.748. The van der Waals surface area contributed by atoms with Crippen LogP contribution < -0.4 is 10.1 Å². The largest absolute Gasteiger partial charge is 0.496 e. The Balaban J connectivity index is 1.94. The molecule has 3 aromatic rings. The highest BCUT2D eigenvalue weighted by atomic mass is 16.5. The lowest BCUT2D eigenvalue weighted by Gasteiger charge is -2.23. The average molecular weight is 389 g/mol. The van der Waals surface area contributed by atoms with Gasteiger partial charge >= 0.3 is 0 Å². The molecule has 0 fully saturated rings. The number of benzene rings is 2. The molecule has 0 unspecified atom stereocenters. The quantitative estimate of drug-likeness (QED) is 0.614. The second-order valence-electron chi connectivity index (χ2n) is 7.11. The van der Waals surface area contributed by atoms with Crippen molar-refractivity contribution in [3.05, 3.63) is 83.2 Å². The van der Waals surface area contributed by atoms with E-state index in [9.17, 15) is 10.4 Å². The molecule has 1 aromatic heterocycles. The Hall–Kier alpha value is -3.07. The van der Waals surface area contributed by atoms with Crippen molar-refractivity contribution in [2.24, 2.45) is 0 Å². The number of hydrogen-bond donors (Lipinski definition) is 2. The first-order valence-electron chi connectivity index (χ1n) is 9.71. The summed E-state index contributed by atoms with van der Waals surface area (Å²) >= 11 is 0. The van der Waals surface area contributed by atoms with E-state index >= 15 is 0 Å². The fourth-order valence-electron chi connectivity index (χ4n) is 3.74. The van der Waals surface area contributed by atoms with Crippen LogP contribution in [0.1, 0.15) is 28.6 Å². The van der Waals surface area contributed by atoms with E-state index in [1.165, 1.54) is 0 Å². The normalized spacial score (nSPS) is 12.9. The standard InChI is InChI=1S/C24H27N3O2/c1-17-12-13-18(2)27(17)23-10-7-11-24(29-3)21(23)14-20(15-25)26-22(16-28)19-8-5-4-6-9-19/h4-13,20,22,26,28H,14,16H2,1-3H3/t20-,22-/m0/s1. The lowest BCUT2D eigenvalue weighted by atomic mass is 10.0. The minimum absolute atomic E-state index is 0.0865. The second kappa shape index (κ2) is 9.42. The summed E-state index contributed by atoms with van der Waals surface area (Å²) in [6, 6.07) is 21.3. The topological polar surface area (TPSA) is 70.2 Å². The Morgan fingerprint density at radius 1 is 1.03 bits per heavy atom. The number of nitrogens with zero attached hydrogens (tertiary/aromatic N) is 2. The van der Waals surface area contributed by atoms with Gasteiger partial charge in [0.2, 0.25) is 0 Å². The van der Waals surface area contributed by atoms with Crippen LogP contribution in [0, 0.1) is 25.2 Å². The van der Waals surface area contributed by atoms with Crippen molar-refractivity contribution in [3.63, 3.8) is 0 Å². The van der Waals surface area contributed by atoms with Gasteiger partial charge in [0, 0.05) is 23.4 Å². The number of methoxy groups -OCH3 is 1. The van der Waals surface area contributed by atoms with Gasteiger partial charge in [-0.15, -0.1) is 0 Å². The molecular weight excluding hydrogens is 362 g/mol. The summed E-state index contributed by atoms with van der Waals surface area (Å²) in [6.45, 7) is 4.04. The van der Waals surface area contributed by atoms with Crippen LogP contribution in [0.15, 0.2) is 60.7 Å². The van der Waals surface area contributed by atoms with Gasteiger partial charge in [-0.25, -0.2) is 0 Å². The first kappa shape index (κ1) is 20.7. The molecule has 3 rings (SSSR count). The summed E-state index contributed by atoms with van der Waals surface area (Å²) in [7, 11) is 1.65. The van der Waals surface area contributed by atoms with Crippen LogP contribution in [0.5, 0.6) is 5.75 Å². The number of nitrogens with one attached hydrogen (secondary N) is 1. The van der Waals surface area contributed by atoms with Gasteiger partial charge in [0.05, 0.1) is 31.5 Å². The van der Waals surface area contributed by atoms with Crippen molar-refractivity contribution in [2.45, 2.75) is 32.4 Å². The molecule has 0 saturated heterocycles. The van der Waals surface area contributed by atoms with Gasteiger partial charge in [-0.1, -0.05) is 36.4 Å². The zero-order valence-corrected chi connectivity index (χ0v) is 17.1. The van der Waals surface area contributed by atoms with Gasteiger partial charge in [0.15, 0.2) is 0 Å². The average Bonchev–Trinajstić information content (AvgIpc) is 3.09. The van der Waals surface area contributed by atoms with Crippen LogP contribution in [0.3, 0.4) is 0 Å². The Morgan fingerprint density at radius 3 is 2.31 bits per heavy atom. The number of nitriles is 1. The van der Waals surface area contributed by atoms with Gasteiger partial charge in [0.25, 0.3) is 0 Å². The van der Waals surface area contributed by atoms with Gasteiger partial charge < -0.3 is 14.4 Å². The maximum Gasteiger partial charge on any atom is 0.124 e. The zero-order valence-electron chi connectivity index (χ0n) is 17.1. The Morgan fingerprint density at radius 2 is 1.72 bits per heavy atom. The Bertz CT molecular complexity index is 970. The fourth-order valence-corrected chi connectivity index (χ4v) is 3.74. The van der Waals surface area contributed by atoms with E-state index in [1.54, 1.807) is 7.11 Å². The first-order valence-corrected chi connectivity index (χ1v) is 9.71. The fraction of sp³-hybridized carbons (Fsp3) is 0.292. The summed E-state index contributed by atoms with van der Waals surface area (Å²) in [5.41, 5.74) is 5.16. The summed E-state index contributed by atoms with van der Waals surface area (Å²) in [6.07, 6.45) is 0.455. The SMILES string of the molecule is COc1cccc(-n2c(C)ccc2C)c1C[C@@H](C#N)N[C@@H](CO)c1ccccc1. The molecule has 1 heterocycles. The third-order valence-corrected chi connectivity index (χ3v) is 5.19. The maximum absolute atomic E-state index is 9.87. The van der Waals surface area contributed by atoms with Crippen molar-refractivity contribution < 1.29 is 9.84 Å². The second-order valence-corrected chi connectivity index (χ2v) is 7.11. The van der Waals surface area contributed by atoms with Crippen molar-refractivity contribution in [1.29, 1.82) is 5.26 Å². The minimum Gasteiger partial charge on any atom is -0.496 e. The molecule has 0 amide bonds. The number of aromatic nitrogens is 1. The van der Waals surface area contributed by atoms with Crippen LogP contribution in [0.25, 0.3) is 5.69 Å². The van der Waals surface area contributed by atoms with Crippen molar-refractivity contribution in [2.75, 3.05) is 13.7 Å². The molecule has 0 aliphatic carbocycles. The number of aliphatic hydroxyl groups is 1. The Kier molecular flexibility index (Phi) is 6.71. The van der Waals surface area contributed by atoms with Crippen LogP contribution in [0.2, 0.25) is 0 Å². The molecule has 29 heavy (non-hydrogen) atoms. The third kappa shape index (κ3) is 4.51. The molecule has 5 nitrogen and oxygen atoms in total. The van der Waals surface area contributed by atoms with E-state index in [0.717, 1.165) is 34.0 Å². The van der Waals surface area contributed by atoms with E-state index in [4.69, 9.17) is 4.74 Å². The van der Waals surface area contributed by atoms with Gasteiger partial charge in [0.1, 0.15) is 11.8 Å². The zero-order chi connectivity index (χ0) is 20.8. The number of aryl methyl sites for hydroxylation is 2. The molecule has 0 spiro atoms. The summed E-state index contributed by atoms with van der Waals surface area (Å²) in [5, 5.41) is 23.0. The van der Waals surface area contributed by atoms with Crippen LogP contribution in [0.4, 0.5) is 0 Å². The van der Waals surface area contributed by atoms with Crippen molar-refractivity contribution in [1.82, 2.24) is 9.88 Å². The predicted molar refractivity (Wildman–Crippen MR) is 114 cm³/mol. The molecular formula is C24H27N3O2. The lowest BCUT2D eigenvalue weighted by molar-refractivity contribution is 0.239. The summed E-state index contributed by atoms with van der Waals surface area (Å²) in [4.78, 5) is 0. The Labute approximate surface area is 172 Å². The van der Waals surface area contributed by atoms with E-state index < -0.39 is 6.04 Å². The van der Waals surface area contributed by atoms with Gasteiger partial charge in [-0.2, -0.15) is 5.26 Å². The summed E-state index contributed by atoms with van der Waals surface area (Å²) < 4.78 is 7.80. The number of aliphatic hydroxyl groups excluding tert-OH is 1. The molecule has 0 aliphatic heterocycles. The highest BCUT2D eigenvalue weighted by Gasteiger charge is 2.21. The molecule has 2 atom stereocenters. The van der Waals surface area contributed by atoms with E-state index in [1.807, 2.05) is 48.5 Å². The predicted octanol–water partition coefficient (Wildman–Crippen LogP) is 3.86. The first-order chi connectivity index (χ1) is 14.1. The highest BCUT2D eigenvalue weighted by Crippen LogP contribution is 2.29. The molecule has 150 valence electrons. The molecule has 2 N–H and O–H groups in total. The van der Waals surface area contributed by atoms with Gasteiger partial charge in [-0.3, -0.25) is 5.32 Å². The molecule has 0 saturated carbocycles. The lowest BCUT2D eigenvalue weighted by Crippen LogP contribution is -2.35. The smallest absolute Gasteiger partial charge is 0.124 e. The van der Waals surface area contributed by atoms with E-state index in [2.05, 4.69) is 41.9 Å². The molecule has 2 aromatic carbocycles. The van der Waals surface area contributed by atoms with E-state index in [-0.39, 0.29) is 12.6 Å². The number of hydrogen-bond acceptors (Lipinski definition) is 4. The molecule has 0 bridgehead atoms. The van der Waals surface area contributed by atoms with Gasteiger partial charge in [-0.05, 0) is 43.7 Å². The monoisotopic (exact) mass is 389 g/mol. The van der Waals surface area contributed by atoms with Crippen molar-refractivity contribution in [3.8, 4) is 17.5 Å². The number of rotatable bonds is 8. The van der Waals surface area contributed by atoms with Crippen molar-refractivity contribution >= 4 is 0 Å². The minimum atomic E-state index is -0.487.